The van der Waals surface area contributed by atoms with Gasteiger partial charge in [-0.05, 0) is 84.9 Å². The maximum atomic E-state index is 12.0. The molecule has 0 saturated heterocycles. The van der Waals surface area contributed by atoms with Crippen molar-refractivity contribution in [3.8, 4) is 5.75 Å². The fourth-order valence-corrected chi connectivity index (χ4v) is 6.74. The molecule has 1 saturated carbocycles. The first-order valence-corrected chi connectivity index (χ1v) is 13.6. The minimum absolute atomic E-state index is 0.0997. The lowest BCUT2D eigenvalue weighted by Gasteiger charge is -2.45. The van der Waals surface area contributed by atoms with E-state index in [2.05, 4.69) is 17.5 Å². The molecule has 202 valence electrons. The predicted octanol–water partition coefficient (Wildman–Crippen LogP) is 4.25. The molecule has 1 unspecified atom stereocenters. The molecule has 3 N–H and O–H groups in total. The summed E-state index contributed by atoms with van der Waals surface area (Å²) in [5, 5.41) is 31.9. The summed E-state index contributed by atoms with van der Waals surface area (Å²) in [6.45, 7) is 5.48. The van der Waals surface area contributed by atoms with Gasteiger partial charge >= 0.3 is 5.97 Å². The molecule has 1 heterocycles. The normalized spacial score (nSPS) is 26.6. The molecule has 7 nitrogen and oxygen atoms in total. The zero-order valence-electron chi connectivity index (χ0n) is 21.3. The highest BCUT2D eigenvalue weighted by Crippen LogP contribution is 2.47. The topological polar surface area (TPSA) is 107 Å². The van der Waals surface area contributed by atoms with Crippen LogP contribution in [0.3, 0.4) is 0 Å². The quantitative estimate of drug-likeness (QED) is 0.340. The summed E-state index contributed by atoms with van der Waals surface area (Å²) >= 11 is 6.33. The Morgan fingerprint density at radius 3 is 2.79 bits per heavy atom. The average Bonchev–Trinajstić information content (AvgIpc) is 3.03. The zero-order valence-corrected chi connectivity index (χ0v) is 22.1. The van der Waals surface area contributed by atoms with Gasteiger partial charge in [0.25, 0.3) is 0 Å². The van der Waals surface area contributed by atoms with E-state index < -0.39 is 24.1 Å². The van der Waals surface area contributed by atoms with Crippen LogP contribution in [-0.2, 0) is 27.0 Å². The third kappa shape index (κ3) is 4.61. The number of benzene rings is 2. The SMILES string of the molecule is C=C[C@H](O)[C@@H]1CC[C@H]1CN1C[C@@]2(CCCc3cc(Cl)ccc32)COc2ccc(C(O)(CC=O)C(=O)O)cc21. The first kappa shape index (κ1) is 26.7. The van der Waals surface area contributed by atoms with E-state index in [1.54, 1.807) is 18.2 Å². The van der Waals surface area contributed by atoms with Gasteiger partial charge < -0.3 is 29.8 Å². The van der Waals surface area contributed by atoms with Crippen LogP contribution in [0.25, 0.3) is 0 Å². The molecule has 8 heteroatoms. The van der Waals surface area contributed by atoms with Gasteiger partial charge in [-0.2, -0.15) is 0 Å². The standard InChI is InChI=1S/C30H34ClNO6/c1-2-26(34)23-8-5-20(23)16-32-17-29(11-3-4-19-14-22(31)7-9-24(19)29)18-38-27-10-6-21(15-25(27)32)30(37,12-13-33)28(35)36/h2,6-7,9-10,13-15,20,23,26,34,37H,1,3-5,8,11-12,16-18H2,(H,35,36)/t20-,23+,26-,29-,30?/m0/s1. The summed E-state index contributed by atoms with van der Waals surface area (Å²) in [4.78, 5) is 25.5. The van der Waals surface area contributed by atoms with Crippen molar-refractivity contribution in [2.45, 2.75) is 55.6 Å². The fraction of sp³-hybridized carbons (Fsp3) is 0.467. The van der Waals surface area contributed by atoms with Crippen LogP contribution in [0.2, 0.25) is 5.02 Å². The number of carbonyl (C=O) groups is 2. The lowest BCUT2D eigenvalue weighted by Crippen LogP contribution is -2.49. The van der Waals surface area contributed by atoms with Gasteiger partial charge in [0, 0.05) is 29.9 Å². The van der Waals surface area contributed by atoms with E-state index in [4.69, 9.17) is 16.3 Å². The second kappa shape index (κ2) is 10.4. The highest BCUT2D eigenvalue weighted by atomic mass is 35.5. The fourth-order valence-electron chi connectivity index (χ4n) is 6.55. The summed E-state index contributed by atoms with van der Waals surface area (Å²) in [5.74, 6) is -0.557. The number of aliphatic hydroxyl groups is 2. The van der Waals surface area contributed by atoms with Crippen molar-refractivity contribution in [1.29, 1.82) is 0 Å². The maximum Gasteiger partial charge on any atom is 0.340 e. The Morgan fingerprint density at radius 1 is 1.29 bits per heavy atom. The number of carboxylic acids is 1. The summed E-state index contributed by atoms with van der Waals surface area (Å²) in [6.07, 6.45) is 5.60. The largest absolute Gasteiger partial charge is 0.490 e. The molecule has 0 aromatic heterocycles. The van der Waals surface area contributed by atoms with Crippen molar-refractivity contribution < 1.29 is 29.6 Å². The maximum absolute atomic E-state index is 12.0. The molecule has 1 fully saturated rings. The Hall–Kier alpha value is -2.87. The van der Waals surface area contributed by atoms with E-state index in [-0.39, 0.29) is 22.8 Å². The van der Waals surface area contributed by atoms with Gasteiger partial charge in [-0.1, -0.05) is 29.8 Å². The van der Waals surface area contributed by atoms with E-state index in [0.717, 1.165) is 32.1 Å². The number of fused-ring (bicyclic) bond motifs is 3. The number of aliphatic carboxylic acids is 1. The zero-order chi connectivity index (χ0) is 27.1. The summed E-state index contributed by atoms with van der Waals surface area (Å²) in [7, 11) is 0. The van der Waals surface area contributed by atoms with E-state index in [1.807, 2.05) is 12.1 Å². The van der Waals surface area contributed by atoms with E-state index in [1.165, 1.54) is 17.2 Å². The predicted molar refractivity (Wildman–Crippen MR) is 145 cm³/mol. The molecule has 1 aliphatic heterocycles. The molecule has 2 aromatic rings. The Bertz CT molecular complexity index is 1250. The molecule has 0 radical (unpaired) electrons. The van der Waals surface area contributed by atoms with Crippen LogP contribution in [-0.4, -0.2) is 53.4 Å². The second-order valence-electron chi connectivity index (χ2n) is 11.1. The molecule has 5 atom stereocenters. The van der Waals surface area contributed by atoms with Crippen LogP contribution in [0.1, 0.15) is 48.8 Å². The highest BCUT2D eigenvalue weighted by molar-refractivity contribution is 6.30. The third-order valence-corrected chi connectivity index (χ3v) is 9.09. The molecular weight excluding hydrogens is 506 g/mol. The lowest BCUT2D eigenvalue weighted by molar-refractivity contribution is -0.161. The molecule has 38 heavy (non-hydrogen) atoms. The number of hydrogen-bond acceptors (Lipinski definition) is 6. The average molecular weight is 540 g/mol. The number of ether oxygens (including phenoxy) is 1. The lowest BCUT2D eigenvalue weighted by atomic mass is 9.68. The van der Waals surface area contributed by atoms with Gasteiger partial charge in [-0.15, -0.1) is 6.58 Å². The Morgan fingerprint density at radius 2 is 2.11 bits per heavy atom. The van der Waals surface area contributed by atoms with Crippen molar-refractivity contribution in [3.05, 3.63) is 70.8 Å². The molecular formula is C30H34ClNO6. The molecule has 0 bridgehead atoms. The number of aryl methyl sites for hydroxylation is 1. The van der Waals surface area contributed by atoms with Crippen molar-refractivity contribution >= 4 is 29.5 Å². The van der Waals surface area contributed by atoms with Crippen LogP contribution in [0.5, 0.6) is 5.75 Å². The molecule has 0 amide bonds. The summed E-state index contributed by atoms with van der Waals surface area (Å²) in [5.41, 5.74) is 0.606. The number of aldehydes is 1. The number of nitrogens with zero attached hydrogens (tertiary/aromatic N) is 1. The van der Waals surface area contributed by atoms with Crippen LogP contribution < -0.4 is 9.64 Å². The Kier molecular flexibility index (Phi) is 7.29. The number of halogens is 1. The number of hydrogen-bond donors (Lipinski definition) is 3. The van der Waals surface area contributed by atoms with Crippen molar-refractivity contribution in [1.82, 2.24) is 0 Å². The van der Waals surface area contributed by atoms with Gasteiger partial charge in [-0.3, -0.25) is 0 Å². The number of rotatable bonds is 8. The van der Waals surface area contributed by atoms with Gasteiger partial charge in [-0.25, -0.2) is 4.79 Å². The number of carboxylic acid groups (broad SMARTS) is 1. The summed E-state index contributed by atoms with van der Waals surface area (Å²) in [6, 6.07) is 10.9. The third-order valence-electron chi connectivity index (χ3n) is 8.86. The van der Waals surface area contributed by atoms with Gasteiger partial charge in [0.1, 0.15) is 12.0 Å². The van der Waals surface area contributed by atoms with E-state index in [9.17, 15) is 24.9 Å². The van der Waals surface area contributed by atoms with Crippen LogP contribution in [0.15, 0.2) is 49.1 Å². The van der Waals surface area contributed by atoms with Crippen LogP contribution >= 0.6 is 11.6 Å². The number of aliphatic hydroxyl groups excluding tert-OH is 1. The van der Waals surface area contributed by atoms with Gasteiger partial charge in [0.15, 0.2) is 5.60 Å². The smallest absolute Gasteiger partial charge is 0.340 e. The second-order valence-corrected chi connectivity index (χ2v) is 11.5. The van der Waals surface area contributed by atoms with Crippen molar-refractivity contribution in [2.75, 3.05) is 24.6 Å². The van der Waals surface area contributed by atoms with E-state index in [0.29, 0.717) is 42.4 Å². The van der Waals surface area contributed by atoms with Crippen molar-refractivity contribution in [3.63, 3.8) is 0 Å². The Labute approximate surface area is 227 Å². The van der Waals surface area contributed by atoms with E-state index >= 15 is 0 Å². The highest BCUT2D eigenvalue weighted by Gasteiger charge is 2.45. The summed E-state index contributed by atoms with van der Waals surface area (Å²) < 4.78 is 6.44. The van der Waals surface area contributed by atoms with Gasteiger partial charge in [0.05, 0.1) is 18.4 Å². The van der Waals surface area contributed by atoms with Crippen LogP contribution in [0.4, 0.5) is 5.69 Å². The minimum atomic E-state index is -2.33. The molecule has 2 aromatic carbocycles. The first-order chi connectivity index (χ1) is 18.2. The number of anilines is 1. The molecule has 3 aliphatic rings. The van der Waals surface area contributed by atoms with Crippen LogP contribution in [0, 0.1) is 11.8 Å². The van der Waals surface area contributed by atoms with Gasteiger partial charge in [0.2, 0.25) is 0 Å². The molecule has 1 spiro atoms. The molecule has 5 rings (SSSR count). The molecule has 2 aliphatic carbocycles. The first-order valence-electron chi connectivity index (χ1n) is 13.2. The van der Waals surface area contributed by atoms with Crippen molar-refractivity contribution in [2.24, 2.45) is 11.8 Å². The minimum Gasteiger partial charge on any atom is -0.490 e. The number of carbonyl (C=O) groups excluding carboxylic acids is 1. The Balaban J connectivity index is 1.58. The monoisotopic (exact) mass is 539 g/mol.